The van der Waals surface area contributed by atoms with Crippen LogP contribution in [0.4, 0.5) is 8.78 Å². The minimum Gasteiger partial charge on any atom is -0.490 e. The van der Waals surface area contributed by atoms with Crippen molar-refractivity contribution in [1.82, 2.24) is 0 Å². The molecule has 0 amide bonds. The van der Waals surface area contributed by atoms with Gasteiger partial charge in [-0.3, -0.25) is 0 Å². The van der Waals surface area contributed by atoms with Gasteiger partial charge in [-0.25, -0.2) is 8.78 Å². The second kappa shape index (κ2) is 6.09. The highest BCUT2D eigenvalue weighted by Crippen LogP contribution is 2.20. The Morgan fingerprint density at radius 1 is 1.31 bits per heavy atom. The fraction of sp³-hybridized carbons (Fsp3) is 0.500. The summed E-state index contributed by atoms with van der Waals surface area (Å²) in [4.78, 5) is 0. The lowest BCUT2D eigenvalue weighted by Crippen LogP contribution is -2.19. The first kappa shape index (κ1) is 13.3. The Hall–Kier alpha value is -0.770. The van der Waals surface area contributed by atoms with Crippen LogP contribution < -0.4 is 4.74 Å². The predicted octanol–water partition coefficient (Wildman–Crippen LogP) is 3.55. The number of hydrogen-bond donors (Lipinski definition) is 1. The maximum Gasteiger partial charge on any atom is 0.167 e. The number of ether oxygens (including phenoxy) is 1. The van der Waals surface area contributed by atoms with E-state index in [9.17, 15) is 8.78 Å². The van der Waals surface area contributed by atoms with Gasteiger partial charge in [-0.1, -0.05) is 13.8 Å². The average molecular weight is 246 g/mol. The third kappa shape index (κ3) is 3.67. The van der Waals surface area contributed by atoms with Crippen LogP contribution in [0.1, 0.15) is 13.8 Å². The van der Waals surface area contributed by atoms with Gasteiger partial charge < -0.3 is 4.74 Å². The number of hydrogen-bond acceptors (Lipinski definition) is 2. The first-order valence-corrected chi connectivity index (χ1v) is 5.86. The Kier molecular flexibility index (Phi) is 5.06. The molecule has 0 radical (unpaired) electrons. The second-order valence-electron chi connectivity index (χ2n) is 4.07. The summed E-state index contributed by atoms with van der Waals surface area (Å²) < 4.78 is 31.2. The molecule has 1 nitrogen and oxygen atoms in total. The highest BCUT2D eigenvalue weighted by atomic mass is 32.1. The molecule has 1 aromatic rings. The third-order valence-corrected chi connectivity index (χ3v) is 2.99. The molecule has 1 aromatic carbocycles. The van der Waals surface area contributed by atoms with E-state index in [2.05, 4.69) is 26.5 Å². The molecule has 4 heteroatoms. The summed E-state index contributed by atoms with van der Waals surface area (Å²) >= 11 is 4.21. The summed E-state index contributed by atoms with van der Waals surface area (Å²) in [5.41, 5.74) is 0. The lowest BCUT2D eigenvalue weighted by atomic mass is 9.99. The normalized spacial score (nSPS) is 12.9. The van der Waals surface area contributed by atoms with E-state index in [0.29, 0.717) is 18.3 Å². The van der Waals surface area contributed by atoms with Crippen molar-refractivity contribution in [3.63, 3.8) is 0 Å². The highest BCUT2D eigenvalue weighted by molar-refractivity contribution is 7.80. The van der Waals surface area contributed by atoms with E-state index < -0.39 is 11.6 Å². The van der Waals surface area contributed by atoms with Gasteiger partial charge in [-0.15, -0.1) is 0 Å². The van der Waals surface area contributed by atoms with Crippen LogP contribution in [-0.2, 0) is 0 Å². The van der Waals surface area contributed by atoms with Gasteiger partial charge in [0, 0.05) is 12.0 Å². The van der Waals surface area contributed by atoms with Crippen LogP contribution >= 0.6 is 12.6 Å². The van der Waals surface area contributed by atoms with Crippen LogP contribution in [-0.4, -0.2) is 12.4 Å². The smallest absolute Gasteiger partial charge is 0.167 e. The van der Waals surface area contributed by atoms with E-state index >= 15 is 0 Å². The Bertz CT molecular complexity index is 342. The first-order chi connectivity index (χ1) is 7.54. The third-order valence-electron chi connectivity index (χ3n) is 2.52. The van der Waals surface area contributed by atoms with E-state index in [1.165, 1.54) is 12.1 Å². The predicted molar refractivity (Wildman–Crippen MR) is 64.0 cm³/mol. The summed E-state index contributed by atoms with van der Waals surface area (Å²) in [7, 11) is 0. The van der Waals surface area contributed by atoms with E-state index in [0.717, 1.165) is 6.07 Å². The molecule has 0 aliphatic carbocycles. The van der Waals surface area contributed by atoms with Gasteiger partial charge in [0.2, 0.25) is 0 Å². The van der Waals surface area contributed by atoms with Crippen molar-refractivity contribution in [2.75, 3.05) is 12.4 Å². The maximum absolute atomic E-state index is 13.2. The number of rotatable bonds is 5. The van der Waals surface area contributed by atoms with Gasteiger partial charge in [-0.05, 0) is 23.8 Å². The zero-order chi connectivity index (χ0) is 12.1. The summed E-state index contributed by atoms with van der Waals surface area (Å²) in [5, 5.41) is 0. The van der Waals surface area contributed by atoms with E-state index in [4.69, 9.17) is 4.74 Å². The molecular weight excluding hydrogens is 230 g/mol. The van der Waals surface area contributed by atoms with Crippen LogP contribution in [0, 0.1) is 23.5 Å². The van der Waals surface area contributed by atoms with E-state index in [1.807, 2.05) is 0 Å². The second-order valence-corrected chi connectivity index (χ2v) is 4.44. The van der Waals surface area contributed by atoms with E-state index in [1.54, 1.807) is 0 Å². The SMILES string of the molecule is CC(C)C(CS)COc1ccc(F)cc1F. The Morgan fingerprint density at radius 2 is 2.00 bits per heavy atom. The summed E-state index contributed by atoms with van der Waals surface area (Å²) in [6.07, 6.45) is 0. The Labute approximate surface area is 100 Å². The Balaban J connectivity index is 2.60. The molecular formula is C12H16F2OS. The molecule has 1 unspecified atom stereocenters. The van der Waals surface area contributed by atoms with Crippen molar-refractivity contribution in [2.24, 2.45) is 11.8 Å². The topological polar surface area (TPSA) is 9.23 Å². The fourth-order valence-corrected chi connectivity index (χ4v) is 1.77. The number of thiol groups is 1. The van der Waals surface area contributed by atoms with Gasteiger partial charge in [0.25, 0.3) is 0 Å². The van der Waals surface area contributed by atoms with Crippen molar-refractivity contribution in [2.45, 2.75) is 13.8 Å². The van der Waals surface area contributed by atoms with Gasteiger partial charge in [-0.2, -0.15) is 12.6 Å². The number of benzene rings is 1. The van der Waals surface area contributed by atoms with Crippen molar-refractivity contribution < 1.29 is 13.5 Å². The molecule has 0 saturated heterocycles. The molecule has 0 heterocycles. The lowest BCUT2D eigenvalue weighted by molar-refractivity contribution is 0.218. The maximum atomic E-state index is 13.2. The lowest BCUT2D eigenvalue weighted by Gasteiger charge is -2.19. The summed E-state index contributed by atoms with van der Waals surface area (Å²) in [6.45, 7) is 4.51. The molecule has 0 N–H and O–H groups in total. The van der Waals surface area contributed by atoms with E-state index in [-0.39, 0.29) is 11.7 Å². The average Bonchev–Trinajstić information content (AvgIpc) is 2.21. The molecule has 0 aliphatic rings. The van der Waals surface area contributed by atoms with Crippen molar-refractivity contribution in [3.8, 4) is 5.75 Å². The summed E-state index contributed by atoms with van der Waals surface area (Å²) in [6, 6.07) is 3.31. The van der Waals surface area contributed by atoms with Gasteiger partial charge in [0.15, 0.2) is 11.6 Å². The molecule has 0 bridgehead atoms. The minimum absolute atomic E-state index is 0.0915. The molecule has 0 fully saturated rings. The molecule has 0 aliphatic heterocycles. The molecule has 0 spiro atoms. The zero-order valence-corrected chi connectivity index (χ0v) is 10.3. The molecule has 90 valence electrons. The van der Waals surface area contributed by atoms with Crippen LogP contribution in [0.15, 0.2) is 18.2 Å². The summed E-state index contributed by atoms with van der Waals surface area (Å²) in [5.74, 6) is 0.185. The molecule has 16 heavy (non-hydrogen) atoms. The van der Waals surface area contributed by atoms with Gasteiger partial charge in [0.1, 0.15) is 5.82 Å². The van der Waals surface area contributed by atoms with Gasteiger partial charge >= 0.3 is 0 Å². The van der Waals surface area contributed by atoms with Gasteiger partial charge in [0.05, 0.1) is 6.61 Å². The van der Waals surface area contributed by atoms with Crippen molar-refractivity contribution >= 4 is 12.6 Å². The molecule has 0 saturated carbocycles. The monoisotopic (exact) mass is 246 g/mol. The molecule has 1 atom stereocenters. The Morgan fingerprint density at radius 3 is 2.50 bits per heavy atom. The first-order valence-electron chi connectivity index (χ1n) is 5.23. The molecule has 0 aromatic heterocycles. The number of halogens is 2. The van der Waals surface area contributed by atoms with Crippen LogP contribution in [0.5, 0.6) is 5.75 Å². The standard InChI is InChI=1S/C12H16F2OS/c1-8(2)9(7-16)6-15-12-4-3-10(13)5-11(12)14/h3-5,8-9,16H,6-7H2,1-2H3. The van der Waals surface area contributed by atoms with Crippen molar-refractivity contribution in [3.05, 3.63) is 29.8 Å². The minimum atomic E-state index is -0.665. The highest BCUT2D eigenvalue weighted by Gasteiger charge is 2.13. The largest absolute Gasteiger partial charge is 0.490 e. The van der Waals surface area contributed by atoms with Crippen LogP contribution in [0.2, 0.25) is 0 Å². The zero-order valence-electron chi connectivity index (χ0n) is 9.41. The fourth-order valence-electron chi connectivity index (χ4n) is 1.25. The molecule has 1 rings (SSSR count). The van der Waals surface area contributed by atoms with Crippen LogP contribution in [0.3, 0.4) is 0 Å². The van der Waals surface area contributed by atoms with Crippen molar-refractivity contribution in [1.29, 1.82) is 0 Å². The van der Waals surface area contributed by atoms with Crippen LogP contribution in [0.25, 0.3) is 0 Å². The quantitative estimate of drug-likeness (QED) is 0.782.